The Hall–Kier alpha value is 0.310. The minimum atomic E-state index is 0. The van der Waals surface area contributed by atoms with Gasteiger partial charge in [-0.2, -0.15) is 13.5 Å². The third-order valence-corrected chi connectivity index (χ3v) is 1.43. The molecule has 1 nitrogen and oxygen atoms in total. The fourth-order valence-corrected chi connectivity index (χ4v) is 0.856. The lowest BCUT2D eigenvalue weighted by molar-refractivity contribution is 0.304. The van der Waals surface area contributed by atoms with Crippen LogP contribution in [0.1, 0.15) is 27.2 Å². The van der Waals surface area contributed by atoms with Crippen LogP contribution < -0.4 is 0 Å². The highest BCUT2D eigenvalue weighted by Gasteiger charge is 1.92. The Morgan fingerprint density at radius 1 is 1.00 bits per heavy atom. The van der Waals surface area contributed by atoms with Crippen LogP contribution in [0.25, 0.3) is 0 Å². The fraction of sp³-hybridized carbons (Fsp3) is 1.00. The zero-order chi connectivity index (χ0) is 6.41. The highest BCUT2D eigenvalue weighted by Crippen LogP contribution is 1.87. The number of hydrogen-bond acceptors (Lipinski definition) is 1. The predicted molar refractivity (Wildman–Crippen MR) is 48.5 cm³/mol. The molecule has 0 fully saturated rings. The first-order valence-corrected chi connectivity index (χ1v) is 3.57. The van der Waals surface area contributed by atoms with Crippen molar-refractivity contribution in [2.24, 2.45) is 0 Å². The maximum absolute atomic E-state index is 2.43. The molecule has 0 unspecified atom stereocenters. The Labute approximate surface area is 65.9 Å². The minimum Gasteiger partial charge on any atom is -0.304 e. The molecule has 0 heterocycles. The van der Waals surface area contributed by atoms with E-state index in [2.05, 4.69) is 25.7 Å². The van der Waals surface area contributed by atoms with E-state index in [4.69, 9.17) is 0 Å². The molecule has 58 valence electrons. The van der Waals surface area contributed by atoms with Crippen molar-refractivity contribution in [1.29, 1.82) is 0 Å². The third-order valence-electron chi connectivity index (χ3n) is 1.43. The van der Waals surface area contributed by atoms with Crippen molar-refractivity contribution in [3.63, 3.8) is 0 Å². The maximum Gasteiger partial charge on any atom is -0.00216 e. The molecule has 0 aromatic heterocycles. The molecule has 9 heavy (non-hydrogen) atoms. The zero-order valence-electron chi connectivity index (χ0n) is 6.78. The van der Waals surface area contributed by atoms with E-state index in [1.165, 1.54) is 26.1 Å². The van der Waals surface area contributed by atoms with E-state index < -0.39 is 0 Å². The molecule has 0 saturated carbocycles. The van der Waals surface area contributed by atoms with Gasteiger partial charge in [0.05, 0.1) is 0 Å². The summed E-state index contributed by atoms with van der Waals surface area (Å²) in [5.74, 6) is 0. The standard InChI is InChI=1S/C7H17N.H2S/c1-4-7-8(5-2)6-3;/h4-7H2,1-3H3;1H2. The summed E-state index contributed by atoms with van der Waals surface area (Å²) in [7, 11) is 0. The molecular weight excluding hydrogens is 130 g/mol. The van der Waals surface area contributed by atoms with Gasteiger partial charge >= 0.3 is 0 Å². The first-order chi connectivity index (χ1) is 3.85. The lowest BCUT2D eigenvalue weighted by atomic mass is 10.4. The van der Waals surface area contributed by atoms with Crippen LogP contribution in [-0.2, 0) is 0 Å². The summed E-state index contributed by atoms with van der Waals surface area (Å²) in [5, 5.41) is 0. The van der Waals surface area contributed by atoms with Crippen molar-refractivity contribution < 1.29 is 0 Å². The molecule has 0 aromatic rings. The molecule has 0 rings (SSSR count). The Morgan fingerprint density at radius 2 is 1.44 bits per heavy atom. The lowest BCUT2D eigenvalue weighted by Gasteiger charge is -2.15. The zero-order valence-corrected chi connectivity index (χ0v) is 7.78. The second kappa shape index (κ2) is 8.31. The van der Waals surface area contributed by atoms with Crippen LogP contribution >= 0.6 is 13.5 Å². The molecule has 0 radical (unpaired) electrons. The number of nitrogens with zero attached hydrogens (tertiary/aromatic N) is 1. The van der Waals surface area contributed by atoms with E-state index in [0.29, 0.717) is 0 Å². The highest BCUT2D eigenvalue weighted by molar-refractivity contribution is 7.59. The van der Waals surface area contributed by atoms with Gasteiger partial charge in [-0.1, -0.05) is 20.8 Å². The molecule has 0 aromatic carbocycles. The van der Waals surface area contributed by atoms with Crippen LogP contribution in [-0.4, -0.2) is 24.5 Å². The van der Waals surface area contributed by atoms with Crippen LogP contribution in [0.5, 0.6) is 0 Å². The van der Waals surface area contributed by atoms with E-state index in [0.717, 1.165) is 0 Å². The van der Waals surface area contributed by atoms with Crippen molar-refractivity contribution in [2.45, 2.75) is 27.2 Å². The smallest absolute Gasteiger partial charge is 0.00216 e. The first-order valence-electron chi connectivity index (χ1n) is 3.57. The van der Waals surface area contributed by atoms with Gasteiger partial charge in [-0.15, -0.1) is 0 Å². The van der Waals surface area contributed by atoms with Gasteiger partial charge in [0.25, 0.3) is 0 Å². The van der Waals surface area contributed by atoms with Crippen LogP contribution in [0.4, 0.5) is 0 Å². The van der Waals surface area contributed by atoms with Gasteiger partial charge in [0.15, 0.2) is 0 Å². The average molecular weight is 149 g/mol. The highest BCUT2D eigenvalue weighted by atomic mass is 32.1. The van der Waals surface area contributed by atoms with Crippen LogP contribution in [0.2, 0.25) is 0 Å². The van der Waals surface area contributed by atoms with E-state index in [-0.39, 0.29) is 13.5 Å². The third kappa shape index (κ3) is 6.19. The molecule has 0 N–H and O–H groups in total. The molecule has 0 amide bonds. The van der Waals surface area contributed by atoms with Gasteiger partial charge in [0.2, 0.25) is 0 Å². The molecule has 0 aliphatic carbocycles. The summed E-state index contributed by atoms with van der Waals surface area (Å²) in [6.07, 6.45) is 1.28. The summed E-state index contributed by atoms with van der Waals surface area (Å²) < 4.78 is 0. The Morgan fingerprint density at radius 3 is 1.56 bits per heavy atom. The van der Waals surface area contributed by atoms with Crippen molar-refractivity contribution in [3.05, 3.63) is 0 Å². The van der Waals surface area contributed by atoms with Crippen LogP contribution in [0.15, 0.2) is 0 Å². The van der Waals surface area contributed by atoms with Crippen molar-refractivity contribution >= 4 is 13.5 Å². The van der Waals surface area contributed by atoms with Gasteiger partial charge in [0.1, 0.15) is 0 Å². The number of hydrogen-bond donors (Lipinski definition) is 0. The first kappa shape index (κ1) is 12.0. The minimum absolute atomic E-state index is 0. The van der Waals surface area contributed by atoms with Gasteiger partial charge < -0.3 is 4.90 Å². The second-order valence-electron chi connectivity index (χ2n) is 2.03. The number of rotatable bonds is 4. The topological polar surface area (TPSA) is 3.24 Å². The van der Waals surface area contributed by atoms with Crippen molar-refractivity contribution in [1.82, 2.24) is 4.90 Å². The Balaban J connectivity index is 0. The molecule has 0 bridgehead atoms. The SMILES string of the molecule is CCCN(CC)CC.S. The van der Waals surface area contributed by atoms with Gasteiger partial charge in [-0.25, -0.2) is 0 Å². The summed E-state index contributed by atoms with van der Waals surface area (Å²) in [5.41, 5.74) is 0. The summed E-state index contributed by atoms with van der Waals surface area (Å²) in [6.45, 7) is 10.3. The van der Waals surface area contributed by atoms with Gasteiger partial charge in [-0.05, 0) is 26.1 Å². The Kier molecular flexibility index (Phi) is 11.1. The van der Waals surface area contributed by atoms with E-state index in [1.54, 1.807) is 0 Å². The molecule has 0 aliphatic rings. The van der Waals surface area contributed by atoms with E-state index >= 15 is 0 Å². The molecular formula is C7H19NS. The van der Waals surface area contributed by atoms with E-state index in [1.807, 2.05) is 0 Å². The molecule has 0 atom stereocenters. The van der Waals surface area contributed by atoms with Gasteiger partial charge in [0, 0.05) is 0 Å². The summed E-state index contributed by atoms with van der Waals surface area (Å²) in [6, 6.07) is 0. The summed E-state index contributed by atoms with van der Waals surface area (Å²) >= 11 is 0. The van der Waals surface area contributed by atoms with Crippen molar-refractivity contribution in [2.75, 3.05) is 19.6 Å². The molecule has 2 heteroatoms. The molecule has 0 aliphatic heterocycles. The second-order valence-corrected chi connectivity index (χ2v) is 2.03. The fourth-order valence-electron chi connectivity index (χ4n) is 0.856. The Bertz CT molecular complexity index is 44.2. The predicted octanol–water partition coefficient (Wildman–Crippen LogP) is 1.85. The lowest BCUT2D eigenvalue weighted by Crippen LogP contribution is -2.23. The largest absolute Gasteiger partial charge is 0.304 e. The maximum atomic E-state index is 2.43. The average Bonchev–Trinajstić information content (AvgIpc) is 1.83. The van der Waals surface area contributed by atoms with Crippen LogP contribution in [0.3, 0.4) is 0 Å². The quantitative estimate of drug-likeness (QED) is 0.589. The molecule has 0 saturated heterocycles. The monoisotopic (exact) mass is 149 g/mol. The van der Waals surface area contributed by atoms with Crippen molar-refractivity contribution in [3.8, 4) is 0 Å². The van der Waals surface area contributed by atoms with E-state index in [9.17, 15) is 0 Å². The van der Waals surface area contributed by atoms with Gasteiger partial charge in [-0.3, -0.25) is 0 Å². The summed E-state index contributed by atoms with van der Waals surface area (Å²) in [4.78, 5) is 2.43. The van der Waals surface area contributed by atoms with Crippen LogP contribution in [0, 0.1) is 0 Å². The molecule has 0 spiro atoms. The normalized spacial score (nSPS) is 9.33.